The molecular weight excluding hydrogens is 388 g/mol. The molecule has 2 aliphatic rings. The summed E-state index contributed by atoms with van der Waals surface area (Å²) in [6, 6.07) is 12.2. The van der Waals surface area contributed by atoms with E-state index < -0.39 is 17.8 Å². The highest BCUT2D eigenvalue weighted by atomic mass is 32.2. The van der Waals surface area contributed by atoms with Gasteiger partial charge in [-0.25, -0.2) is 4.79 Å². The summed E-state index contributed by atoms with van der Waals surface area (Å²) in [5.41, 5.74) is 1.03. The normalized spacial score (nSPS) is 16.1. The van der Waals surface area contributed by atoms with Crippen LogP contribution in [-0.4, -0.2) is 38.8 Å². The third-order valence-electron chi connectivity index (χ3n) is 4.04. The molecule has 4 rings (SSSR count). The fraction of sp³-hybridized carbons (Fsp3) is 0.0556. The molecule has 0 radical (unpaired) electrons. The molecule has 0 aliphatic carbocycles. The van der Waals surface area contributed by atoms with Crippen LogP contribution in [0.2, 0.25) is 0 Å². The summed E-state index contributed by atoms with van der Waals surface area (Å²) in [4.78, 5) is 55.1. The number of imide groups is 1. The van der Waals surface area contributed by atoms with Crippen molar-refractivity contribution in [2.75, 3.05) is 10.7 Å². The monoisotopic (exact) mass is 398 g/mol. The zero-order valence-electron chi connectivity index (χ0n) is 13.6. The molecule has 3 amide bonds. The van der Waals surface area contributed by atoms with Crippen LogP contribution in [0.3, 0.4) is 0 Å². The van der Waals surface area contributed by atoms with Crippen LogP contribution in [0.25, 0.3) is 0 Å². The Morgan fingerprint density at radius 1 is 0.963 bits per heavy atom. The molecule has 7 nitrogen and oxygen atoms in total. The Morgan fingerprint density at radius 2 is 1.56 bits per heavy atom. The van der Waals surface area contributed by atoms with Gasteiger partial charge < -0.3 is 4.84 Å². The van der Waals surface area contributed by atoms with Crippen LogP contribution in [0.1, 0.15) is 31.1 Å². The number of rotatable bonds is 3. The number of fused-ring (bicyclic) bond motifs is 1. The zero-order chi connectivity index (χ0) is 19.1. The lowest BCUT2D eigenvalue weighted by Crippen LogP contribution is -2.32. The van der Waals surface area contributed by atoms with Crippen molar-refractivity contribution in [2.24, 2.45) is 0 Å². The van der Waals surface area contributed by atoms with Gasteiger partial charge in [0.1, 0.15) is 4.32 Å². The van der Waals surface area contributed by atoms with Crippen molar-refractivity contribution in [1.82, 2.24) is 5.06 Å². The van der Waals surface area contributed by atoms with E-state index >= 15 is 0 Å². The van der Waals surface area contributed by atoms with Gasteiger partial charge in [0.15, 0.2) is 0 Å². The largest absolute Gasteiger partial charge is 0.363 e. The van der Waals surface area contributed by atoms with Gasteiger partial charge in [0.05, 0.1) is 28.1 Å². The number of nitrogens with zero attached hydrogens (tertiary/aromatic N) is 2. The molecule has 9 heteroatoms. The summed E-state index contributed by atoms with van der Waals surface area (Å²) >= 11 is 6.40. The number of thiocarbonyl (C=S) groups is 1. The van der Waals surface area contributed by atoms with Crippen LogP contribution in [0, 0.1) is 0 Å². The summed E-state index contributed by atoms with van der Waals surface area (Å²) < 4.78 is 0.446. The first-order chi connectivity index (χ1) is 13.0. The van der Waals surface area contributed by atoms with Crippen LogP contribution in [0.5, 0.6) is 0 Å². The molecule has 0 N–H and O–H groups in total. The van der Waals surface area contributed by atoms with Gasteiger partial charge >= 0.3 is 5.97 Å². The second-order valence-electron chi connectivity index (χ2n) is 5.66. The molecule has 1 saturated heterocycles. The van der Waals surface area contributed by atoms with Crippen LogP contribution >= 0.6 is 24.0 Å². The Bertz CT molecular complexity index is 968. The number of carbonyl (C=O) groups excluding carboxylic acids is 4. The maximum absolute atomic E-state index is 12.3. The van der Waals surface area contributed by atoms with Crippen molar-refractivity contribution in [2.45, 2.75) is 0 Å². The molecule has 27 heavy (non-hydrogen) atoms. The zero-order valence-corrected chi connectivity index (χ0v) is 15.2. The number of benzene rings is 2. The predicted octanol–water partition coefficient (Wildman–Crippen LogP) is 2.42. The number of thioether (sulfide) groups is 1. The van der Waals surface area contributed by atoms with Crippen LogP contribution in [0.15, 0.2) is 48.5 Å². The maximum Gasteiger partial charge on any atom is 0.363 e. The average molecular weight is 398 g/mol. The first kappa shape index (κ1) is 17.4. The molecule has 0 atom stereocenters. The lowest BCUT2D eigenvalue weighted by molar-refractivity contribution is -0.115. The summed E-state index contributed by atoms with van der Waals surface area (Å²) in [5, 5.41) is 0.455. The highest BCUT2D eigenvalue weighted by Crippen LogP contribution is 2.27. The van der Waals surface area contributed by atoms with Gasteiger partial charge in [0, 0.05) is 0 Å². The molecule has 0 unspecified atom stereocenters. The lowest BCUT2D eigenvalue weighted by Gasteiger charge is -2.16. The summed E-state index contributed by atoms with van der Waals surface area (Å²) in [6.45, 7) is 0. The van der Waals surface area contributed by atoms with E-state index in [1.54, 1.807) is 24.3 Å². The Balaban J connectivity index is 1.51. The van der Waals surface area contributed by atoms with Crippen molar-refractivity contribution >= 4 is 57.7 Å². The van der Waals surface area contributed by atoms with Gasteiger partial charge in [-0.3, -0.25) is 19.3 Å². The molecular formula is C18H10N2O5S2. The van der Waals surface area contributed by atoms with E-state index in [4.69, 9.17) is 17.1 Å². The first-order valence-corrected chi connectivity index (χ1v) is 9.16. The highest BCUT2D eigenvalue weighted by Gasteiger charge is 2.38. The van der Waals surface area contributed by atoms with Gasteiger partial charge in [-0.15, -0.1) is 0 Å². The van der Waals surface area contributed by atoms with Gasteiger partial charge in [-0.05, 0) is 36.4 Å². The van der Waals surface area contributed by atoms with Gasteiger partial charge in [0.2, 0.25) is 5.91 Å². The first-order valence-electron chi connectivity index (χ1n) is 7.77. The Morgan fingerprint density at radius 3 is 2.07 bits per heavy atom. The molecule has 0 saturated carbocycles. The minimum absolute atomic E-state index is 0.125. The van der Waals surface area contributed by atoms with Crippen molar-refractivity contribution in [3.63, 3.8) is 0 Å². The number of anilines is 1. The Hall–Kier alpha value is -3.04. The average Bonchev–Trinajstić information content (AvgIpc) is 3.14. The topological polar surface area (TPSA) is 84.0 Å². The van der Waals surface area contributed by atoms with E-state index in [2.05, 4.69) is 0 Å². The van der Waals surface area contributed by atoms with E-state index in [-0.39, 0.29) is 28.4 Å². The van der Waals surface area contributed by atoms with Crippen molar-refractivity contribution in [3.05, 3.63) is 65.2 Å². The van der Waals surface area contributed by atoms with Gasteiger partial charge in [-0.1, -0.05) is 41.2 Å². The highest BCUT2D eigenvalue weighted by molar-refractivity contribution is 8.24. The summed E-state index contributed by atoms with van der Waals surface area (Å²) in [7, 11) is 0. The van der Waals surface area contributed by atoms with Crippen LogP contribution in [0.4, 0.5) is 5.69 Å². The third-order valence-corrected chi connectivity index (χ3v) is 5.40. The third kappa shape index (κ3) is 2.90. The minimum Gasteiger partial charge on any atom is -0.324 e. The second-order valence-corrected chi connectivity index (χ2v) is 7.27. The van der Waals surface area contributed by atoms with E-state index in [1.165, 1.54) is 40.9 Å². The molecule has 0 aromatic heterocycles. The van der Waals surface area contributed by atoms with E-state index in [1.807, 2.05) is 0 Å². The summed E-state index contributed by atoms with van der Waals surface area (Å²) in [6.07, 6.45) is 0. The lowest BCUT2D eigenvalue weighted by atomic mass is 10.1. The van der Waals surface area contributed by atoms with Crippen LogP contribution in [-0.2, 0) is 9.63 Å². The number of hydroxylamine groups is 2. The molecule has 2 aliphatic heterocycles. The van der Waals surface area contributed by atoms with E-state index in [0.29, 0.717) is 15.1 Å². The molecule has 2 aromatic rings. The maximum atomic E-state index is 12.3. The van der Waals surface area contributed by atoms with Gasteiger partial charge in [0.25, 0.3) is 11.8 Å². The Labute approximate surface area is 162 Å². The molecule has 2 heterocycles. The number of carbonyl (C=O) groups is 4. The second kappa shape index (κ2) is 6.60. The number of amides is 3. The summed E-state index contributed by atoms with van der Waals surface area (Å²) in [5.74, 6) is -2.09. The van der Waals surface area contributed by atoms with Crippen molar-refractivity contribution < 1.29 is 24.0 Å². The fourth-order valence-electron chi connectivity index (χ4n) is 2.74. The fourth-order valence-corrected chi connectivity index (χ4v) is 3.83. The molecule has 0 bridgehead atoms. The van der Waals surface area contributed by atoms with Crippen molar-refractivity contribution in [1.29, 1.82) is 0 Å². The molecule has 0 spiro atoms. The molecule has 1 fully saturated rings. The predicted molar refractivity (Wildman–Crippen MR) is 101 cm³/mol. The standard InChI is InChI=1S/C18H10N2O5S2/c21-14-9-27-18(26)19(14)11-7-5-10(6-8-11)17(24)25-20-15(22)12-3-1-2-4-13(12)16(20)23/h1-8H,9H2. The van der Waals surface area contributed by atoms with Crippen molar-refractivity contribution in [3.8, 4) is 0 Å². The van der Waals surface area contributed by atoms with E-state index in [0.717, 1.165) is 0 Å². The SMILES string of the molecule is O=C(ON1C(=O)c2ccccc2C1=O)c1ccc(N2C(=O)CSC2=S)cc1. The van der Waals surface area contributed by atoms with Crippen LogP contribution < -0.4 is 4.90 Å². The Kier molecular flexibility index (Phi) is 4.25. The number of hydrogen-bond donors (Lipinski definition) is 0. The quantitative estimate of drug-likeness (QED) is 0.580. The minimum atomic E-state index is -0.860. The van der Waals surface area contributed by atoms with Gasteiger partial charge in [-0.2, -0.15) is 0 Å². The number of hydrogen-bond acceptors (Lipinski definition) is 7. The molecule has 134 valence electrons. The smallest absolute Gasteiger partial charge is 0.324 e. The molecule has 2 aromatic carbocycles. The van der Waals surface area contributed by atoms with E-state index in [9.17, 15) is 19.2 Å².